The predicted octanol–water partition coefficient (Wildman–Crippen LogP) is 3.09. The molecule has 21 heavy (non-hydrogen) atoms. The first-order valence-electron chi connectivity index (χ1n) is 5.71. The Hall–Kier alpha value is -1.90. The number of nitrogens with zero attached hydrogens (tertiary/aromatic N) is 2. The number of amides is 1. The smallest absolute Gasteiger partial charge is 0.345 e. The molecule has 1 N–H and O–H groups in total. The van der Waals surface area contributed by atoms with Gasteiger partial charge in [0.25, 0.3) is 5.91 Å². The van der Waals surface area contributed by atoms with Crippen LogP contribution in [0.15, 0.2) is 27.2 Å². The molecule has 0 bridgehead atoms. The topological polar surface area (TPSA) is 68.0 Å². The van der Waals surface area contributed by atoms with E-state index in [-0.39, 0.29) is 22.4 Å². The Labute approximate surface area is 125 Å². The third kappa shape index (κ3) is 3.81. The van der Waals surface area contributed by atoms with Crippen molar-refractivity contribution in [1.82, 2.24) is 15.5 Å². The molecular weight excluding hydrogens is 355 g/mol. The molecule has 0 unspecified atom stereocenters. The van der Waals surface area contributed by atoms with Crippen molar-refractivity contribution < 1.29 is 22.5 Å². The van der Waals surface area contributed by atoms with Crippen molar-refractivity contribution in [3.8, 4) is 0 Å². The van der Waals surface area contributed by atoms with E-state index in [0.717, 1.165) is 6.07 Å². The van der Waals surface area contributed by atoms with Crippen LogP contribution in [-0.2, 0) is 12.7 Å². The number of halogens is 4. The van der Waals surface area contributed by atoms with E-state index >= 15 is 0 Å². The van der Waals surface area contributed by atoms with Crippen LogP contribution < -0.4 is 5.32 Å². The van der Waals surface area contributed by atoms with E-state index in [9.17, 15) is 18.0 Å². The summed E-state index contributed by atoms with van der Waals surface area (Å²) in [6.07, 6.45) is -4.54. The van der Waals surface area contributed by atoms with E-state index < -0.39 is 17.6 Å². The maximum absolute atomic E-state index is 12.8. The molecule has 0 aliphatic rings. The number of hydrogen-bond acceptors (Lipinski definition) is 4. The lowest BCUT2D eigenvalue weighted by Gasteiger charge is -2.11. The Kier molecular flexibility index (Phi) is 4.31. The Morgan fingerprint density at radius 3 is 2.71 bits per heavy atom. The number of rotatable bonds is 3. The van der Waals surface area contributed by atoms with E-state index in [0.29, 0.717) is 5.89 Å². The number of nitrogens with one attached hydrogen (secondary N) is 1. The van der Waals surface area contributed by atoms with Gasteiger partial charge in [-0.1, -0.05) is 21.1 Å². The number of carbonyl (C=O) groups is 1. The van der Waals surface area contributed by atoms with Crippen LogP contribution in [0.2, 0.25) is 0 Å². The largest absolute Gasteiger partial charge is 0.417 e. The maximum atomic E-state index is 12.8. The van der Waals surface area contributed by atoms with Gasteiger partial charge in [0.1, 0.15) is 0 Å². The Morgan fingerprint density at radius 2 is 2.14 bits per heavy atom. The second kappa shape index (κ2) is 5.84. The van der Waals surface area contributed by atoms with Crippen molar-refractivity contribution in [2.24, 2.45) is 0 Å². The molecule has 0 fully saturated rings. The molecule has 1 aromatic heterocycles. The van der Waals surface area contributed by atoms with Crippen molar-refractivity contribution in [2.75, 3.05) is 0 Å². The van der Waals surface area contributed by atoms with Gasteiger partial charge in [-0.15, -0.1) is 0 Å². The molecule has 9 heteroatoms. The molecule has 112 valence electrons. The normalized spacial score (nSPS) is 11.5. The summed E-state index contributed by atoms with van der Waals surface area (Å²) in [6, 6.07) is 3.24. The van der Waals surface area contributed by atoms with Gasteiger partial charge in [-0.2, -0.15) is 18.2 Å². The number of alkyl halides is 3. The molecule has 0 saturated heterocycles. The van der Waals surface area contributed by atoms with Crippen LogP contribution in [-0.4, -0.2) is 16.0 Å². The van der Waals surface area contributed by atoms with E-state index in [1.165, 1.54) is 12.1 Å². The van der Waals surface area contributed by atoms with Crippen molar-refractivity contribution >= 4 is 21.8 Å². The number of carbonyl (C=O) groups excluding carboxylic acids is 1. The third-order valence-corrected chi connectivity index (χ3v) is 3.20. The minimum absolute atomic E-state index is 0.0341. The first kappa shape index (κ1) is 15.5. The number of aromatic nitrogens is 2. The highest BCUT2D eigenvalue weighted by Gasteiger charge is 2.33. The van der Waals surface area contributed by atoms with Gasteiger partial charge < -0.3 is 9.84 Å². The molecule has 0 aliphatic heterocycles. The van der Waals surface area contributed by atoms with Crippen molar-refractivity contribution in [1.29, 1.82) is 0 Å². The van der Waals surface area contributed by atoms with Gasteiger partial charge >= 0.3 is 6.18 Å². The van der Waals surface area contributed by atoms with Crippen LogP contribution in [0, 0.1) is 6.92 Å². The van der Waals surface area contributed by atoms with Gasteiger partial charge in [0, 0.05) is 17.0 Å². The van der Waals surface area contributed by atoms with Crippen LogP contribution >= 0.6 is 15.9 Å². The highest BCUT2D eigenvalue weighted by molar-refractivity contribution is 9.10. The van der Waals surface area contributed by atoms with Crippen molar-refractivity contribution in [3.63, 3.8) is 0 Å². The molecule has 1 amide bonds. The molecule has 1 heterocycles. The predicted molar refractivity (Wildman–Crippen MR) is 69.3 cm³/mol. The van der Waals surface area contributed by atoms with Crippen molar-refractivity contribution in [3.05, 3.63) is 45.5 Å². The molecule has 0 saturated carbocycles. The van der Waals surface area contributed by atoms with E-state index in [1.54, 1.807) is 6.92 Å². The average molecular weight is 364 g/mol. The molecule has 5 nitrogen and oxygen atoms in total. The molecule has 2 aromatic rings. The summed E-state index contributed by atoms with van der Waals surface area (Å²) in [5, 5.41) is 5.98. The zero-order chi connectivity index (χ0) is 15.6. The van der Waals surface area contributed by atoms with Crippen LogP contribution in [0.4, 0.5) is 13.2 Å². The van der Waals surface area contributed by atoms with Crippen LogP contribution in [0.25, 0.3) is 0 Å². The van der Waals surface area contributed by atoms with Gasteiger partial charge in [0.15, 0.2) is 5.82 Å². The molecule has 1 aromatic carbocycles. The zero-order valence-corrected chi connectivity index (χ0v) is 12.2. The Balaban J connectivity index is 2.12. The quantitative estimate of drug-likeness (QED) is 0.909. The fourth-order valence-corrected chi connectivity index (χ4v) is 2.03. The molecule has 0 spiro atoms. The molecular formula is C12H9BrF3N3O2. The summed E-state index contributed by atoms with van der Waals surface area (Å²) in [7, 11) is 0. The second-order valence-corrected chi connectivity index (χ2v) is 4.96. The fraction of sp³-hybridized carbons (Fsp3) is 0.250. The highest BCUT2D eigenvalue weighted by atomic mass is 79.9. The average Bonchev–Trinajstić information content (AvgIpc) is 2.81. The van der Waals surface area contributed by atoms with Crippen LogP contribution in [0.1, 0.15) is 27.6 Å². The molecule has 0 aliphatic carbocycles. The summed E-state index contributed by atoms with van der Waals surface area (Å²) in [6.45, 7) is 1.55. The van der Waals surface area contributed by atoms with Gasteiger partial charge in [0.05, 0.1) is 12.1 Å². The van der Waals surface area contributed by atoms with E-state index in [4.69, 9.17) is 4.52 Å². The fourth-order valence-electron chi connectivity index (χ4n) is 1.56. The van der Waals surface area contributed by atoms with Gasteiger partial charge in [0.2, 0.25) is 5.89 Å². The first-order valence-corrected chi connectivity index (χ1v) is 6.51. The Bertz CT molecular complexity index is 670. The highest BCUT2D eigenvalue weighted by Crippen LogP contribution is 2.35. The number of aryl methyl sites for hydroxylation is 1. The van der Waals surface area contributed by atoms with E-state index in [2.05, 4.69) is 31.4 Å². The first-order chi connectivity index (χ1) is 9.77. The Morgan fingerprint density at radius 1 is 1.43 bits per heavy atom. The van der Waals surface area contributed by atoms with Crippen LogP contribution in [0.3, 0.4) is 0 Å². The second-order valence-electron chi connectivity index (χ2n) is 4.10. The molecule has 0 atom stereocenters. The minimum atomic E-state index is -4.54. The summed E-state index contributed by atoms with van der Waals surface area (Å²) in [4.78, 5) is 15.7. The van der Waals surface area contributed by atoms with Gasteiger partial charge in [-0.25, -0.2) is 0 Å². The summed E-state index contributed by atoms with van der Waals surface area (Å²) in [5.41, 5.74) is -1.02. The molecule has 0 radical (unpaired) electrons. The summed E-state index contributed by atoms with van der Waals surface area (Å²) >= 11 is 2.81. The lowest BCUT2D eigenvalue weighted by atomic mass is 10.1. The molecule has 2 rings (SSSR count). The SMILES string of the molecule is Cc1nc(CNC(=O)c2ccc(Br)c(C(F)(F)F)c2)no1. The van der Waals surface area contributed by atoms with Gasteiger partial charge in [-0.05, 0) is 18.2 Å². The van der Waals surface area contributed by atoms with Crippen LogP contribution in [0.5, 0.6) is 0 Å². The summed E-state index contributed by atoms with van der Waals surface area (Å²) in [5.74, 6) is -0.0771. The van der Waals surface area contributed by atoms with E-state index in [1.807, 2.05) is 0 Å². The summed E-state index contributed by atoms with van der Waals surface area (Å²) < 4.78 is 42.8. The maximum Gasteiger partial charge on any atom is 0.417 e. The lowest BCUT2D eigenvalue weighted by Crippen LogP contribution is -2.24. The van der Waals surface area contributed by atoms with Gasteiger partial charge in [-0.3, -0.25) is 4.79 Å². The lowest BCUT2D eigenvalue weighted by molar-refractivity contribution is -0.138. The number of hydrogen-bond donors (Lipinski definition) is 1. The van der Waals surface area contributed by atoms with Crippen molar-refractivity contribution in [2.45, 2.75) is 19.6 Å². The standard InChI is InChI=1S/C12H9BrF3N3O2/c1-6-18-10(19-21-6)5-17-11(20)7-2-3-9(13)8(4-7)12(14,15)16/h2-4H,5H2,1H3,(H,17,20). The zero-order valence-electron chi connectivity index (χ0n) is 10.7. The number of benzene rings is 1. The minimum Gasteiger partial charge on any atom is -0.345 e. The monoisotopic (exact) mass is 363 g/mol. The third-order valence-electron chi connectivity index (χ3n) is 2.51.